The number of nitrogens with zero attached hydrogens (tertiary/aromatic N) is 4. The number of H-pyrrole nitrogens is 2. The summed E-state index contributed by atoms with van der Waals surface area (Å²) in [7, 11) is 0. The molecule has 4 atom stereocenters. The van der Waals surface area contributed by atoms with Gasteiger partial charge in [-0.2, -0.15) is 0 Å². The van der Waals surface area contributed by atoms with Crippen LogP contribution in [-0.4, -0.2) is 66.5 Å². The zero-order chi connectivity index (χ0) is 38.4. The molecule has 12 nitrogen and oxygen atoms in total. The van der Waals surface area contributed by atoms with Crippen LogP contribution in [0.1, 0.15) is 129 Å². The van der Waals surface area contributed by atoms with Gasteiger partial charge in [0.05, 0.1) is 24.0 Å². The minimum Gasteiger partial charge on any atom is -0.344 e. The van der Waals surface area contributed by atoms with Crippen LogP contribution in [0.3, 0.4) is 0 Å². The Hall–Kier alpha value is -5.52. The molecule has 4 amide bonds. The number of hydrogen-bond acceptors (Lipinski definition) is 6. The molecule has 12 heteroatoms. The molecule has 4 N–H and O–H groups in total. The van der Waals surface area contributed by atoms with E-state index in [4.69, 9.17) is 4.98 Å². The molecule has 4 aliphatic rings. The van der Waals surface area contributed by atoms with Crippen molar-refractivity contribution in [2.24, 2.45) is 11.8 Å². The molecule has 4 aromatic rings. The van der Waals surface area contributed by atoms with E-state index in [9.17, 15) is 19.2 Å². The van der Waals surface area contributed by atoms with Crippen molar-refractivity contribution >= 4 is 29.7 Å². The van der Waals surface area contributed by atoms with Gasteiger partial charge in [0.2, 0.25) is 23.6 Å². The summed E-state index contributed by atoms with van der Waals surface area (Å²) in [6, 6.07) is 17.3. The minimum absolute atomic E-state index is 0.0147. The second-order valence-corrected chi connectivity index (χ2v) is 15.8. The highest BCUT2D eigenvalue weighted by molar-refractivity contribution is 5.91. The van der Waals surface area contributed by atoms with E-state index in [1.165, 1.54) is 0 Å². The smallest absolute Gasteiger partial charge is 0.250 e. The molecular weight excluding hydrogens is 705 g/mol. The molecule has 2 aliphatic carbocycles. The van der Waals surface area contributed by atoms with Gasteiger partial charge in [-0.15, -0.1) is 0 Å². The molecule has 0 bridgehead atoms. The van der Waals surface area contributed by atoms with Gasteiger partial charge in [0, 0.05) is 36.8 Å². The lowest BCUT2D eigenvalue weighted by atomic mass is 10.0. The molecule has 0 radical (unpaired) electrons. The Bertz CT molecular complexity index is 2020. The van der Waals surface area contributed by atoms with E-state index in [1.807, 2.05) is 82.9 Å². The van der Waals surface area contributed by atoms with Crippen molar-refractivity contribution in [2.45, 2.75) is 101 Å². The summed E-state index contributed by atoms with van der Waals surface area (Å²) in [5, 5.41) is 6.08. The number of unbranched alkanes of at least 4 members (excludes halogenated alkanes) is 2. The number of imidazole rings is 2. The second kappa shape index (κ2) is 17.1. The summed E-state index contributed by atoms with van der Waals surface area (Å²) < 4.78 is 0. The maximum absolute atomic E-state index is 14.0. The highest BCUT2D eigenvalue weighted by atomic mass is 16.2. The normalized spacial score (nSPS) is 20.6. The number of amides is 4. The first kappa shape index (κ1) is 37.4. The van der Waals surface area contributed by atoms with Gasteiger partial charge in [0.1, 0.15) is 23.7 Å². The maximum atomic E-state index is 14.0. The number of likely N-dealkylation sites (tertiary alicyclic amines) is 2. The van der Waals surface area contributed by atoms with Crippen LogP contribution in [0.2, 0.25) is 0 Å². The van der Waals surface area contributed by atoms with E-state index in [2.05, 4.69) is 37.7 Å². The number of hydrogen-bond donors (Lipinski definition) is 4. The zero-order valence-corrected chi connectivity index (χ0v) is 31.9. The lowest BCUT2D eigenvalue weighted by molar-refractivity contribution is -0.138. The third-order valence-electron chi connectivity index (χ3n) is 11.6. The molecule has 2 aromatic heterocycles. The van der Waals surface area contributed by atoms with E-state index >= 15 is 0 Å². The molecule has 4 heterocycles. The molecule has 56 heavy (non-hydrogen) atoms. The Morgan fingerprint density at radius 3 is 1.73 bits per heavy atom. The summed E-state index contributed by atoms with van der Waals surface area (Å²) in [5.74, 6) is 1.35. The first-order valence-electron chi connectivity index (χ1n) is 20.5. The van der Waals surface area contributed by atoms with Gasteiger partial charge in [-0.1, -0.05) is 66.7 Å². The number of benzene rings is 2. The molecule has 2 saturated carbocycles. The largest absolute Gasteiger partial charge is 0.344 e. The van der Waals surface area contributed by atoms with Crippen LogP contribution < -0.4 is 10.6 Å². The van der Waals surface area contributed by atoms with Crippen LogP contribution in [-0.2, 0) is 25.6 Å². The van der Waals surface area contributed by atoms with Crippen LogP contribution in [0, 0.1) is 11.8 Å². The van der Waals surface area contributed by atoms with Crippen molar-refractivity contribution in [1.82, 2.24) is 40.4 Å². The number of rotatable bonds is 16. The highest BCUT2D eigenvalue weighted by Gasteiger charge is 2.40. The van der Waals surface area contributed by atoms with Gasteiger partial charge in [0.15, 0.2) is 0 Å². The Balaban J connectivity index is 0.819. The minimum atomic E-state index is -0.709. The van der Waals surface area contributed by atoms with Crippen molar-refractivity contribution in [3.8, 4) is 0 Å². The second-order valence-electron chi connectivity index (χ2n) is 15.8. The third kappa shape index (κ3) is 8.79. The summed E-state index contributed by atoms with van der Waals surface area (Å²) in [5.41, 5.74) is 3.55. The van der Waals surface area contributed by atoms with E-state index in [1.54, 1.807) is 0 Å². The molecule has 2 saturated heterocycles. The van der Waals surface area contributed by atoms with Crippen LogP contribution >= 0.6 is 0 Å². The lowest BCUT2D eigenvalue weighted by Crippen LogP contribution is -2.43. The molecule has 2 aromatic carbocycles. The van der Waals surface area contributed by atoms with Crippen LogP contribution in [0.5, 0.6) is 0 Å². The summed E-state index contributed by atoms with van der Waals surface area (Å²) in [4.78, 5) is 73.5. The zero-order valence-electron chi connectivity index (χ0n) is 31.9. The van der Waals surface area contributed by atoms with Crippen LogP contribution in [0.25, 0.3) is 6.08 Å². The third-order valence-corrected chi connectivity index (χ3v) is 11.6. The SMILES string of the molecule is O=C(NC(C(=O)N1CCCC1c1ncc(C=CCCCCc2cnc(C3CCCN3C(=O)C(NC(=O)C3CC3)c3ccccc3)[nH]2)[nH]1)c1ccccc1)C1CC1. The molecule has 2 aliphatic heterocycles. The van der Waals surface area contributed by atoms with Crippen molar-refractivity contribution in [3.63, 3.8) is 0 Å². The number of aromatic amines is 2. The van der Waals surface area contributed by atoms with Crippen LogP contribution in [0.4, 0.5) is 0 Å². The highest BCUT2D eigenvalue weighted by Crippen LogP contribution is 2.36. The van der Waals surface area contributed by atoms with E-state index < -0.39 is 12.1 Å². The molecule has 292 valence electrons. The fourth-order valence-electron chi connectivity index (χ4n) is 8.11. The predicted octanol–water partition coefficient (Wildman–Crippen LogP) is 6.42. The first-order chi connectivity index (χ1) is 27.4. The number of aromatic nitrogens is 4. The average Bonchev–Trinajstić information content (AvgIpc) is 4.00. The number of aryl methyl sites for hydroxylation is 1. The molecular formula is C44H52N8O4. The fourth-order valence-corrected chi connectivity index (χ4v) is 8.11. The molecule has 4 fully saturated rings. The maximum Gasteiger partial charge on any atom is 0.250 e. The van der Waals surface area contributed by atoms with E-state index in [0.717, 1.165) is 111 Å². The number of carbonyl (C=O) groups excluding carboxylic acids is 4. The first-order valence-corrected chi connectivity index (χ1v) is 20.5. The Kier molecular flexibility index (Phi) is 11.4. The molecule has 0 spiro atoms. The number of nitrogens with one attached hydrogen (secondary N) is 4. The topological polar surface area (TPSA) is 156 Å². The van der Waals surface area contributed by atoms with Gasteiger partial charge in [-0.3, -0.25) is 19.2 Å². The fraction of sp³-hybridized carbons (Fsp3) is 0.455. The van der Waals surface area contributed by atoms with E-state index in [0.29, 0.717) is 13.1 Å². The van der Waals surface area contributed by atoms with Crippen LogP contribution in [0.15, 0.2) is 79.1 Å². The summed E-state index contributed by atoms with van der Waals surface area (Å²) in [6.45, 7) is 1.26. The average molecular weight is 757 g/mol. The summed E-state index contributed by atoms with van der Waals surface area (Å²) in [6.07, 6.45) is 18.6. The summed E-state index contributed by atoms with van der Waals surface area (Å²) >= 11 is 0. The Morgan fingerprint density at radius 2 is 1.20 bits per heavy atom. The van der Waals surface area contributed by atoms with E-state index in [-0.39, 0.29) is 47.5 Å². The number of allylic oxidation sites excluding steroid dienone is 1. The van der Waals surface area contributed by atoms with Gasteiger partial charge in [-0.05, 0) is 94.3 Å². The quantitative estimate of drug-likeness (QED) is 0.0968. The number of carbonyl (C=O) groups is 4. The van der Waals surface area contributed by atoms with Crippen molar-refractivity contribution < 1.29 is 19.2 Å². The molecule has 8 rings (SSSR count). The Labute approximate surface area is 328 Å². The van der Waals surface area contributed by atoms with Crippen molar-refractivity contribution in [2.75, 3.05) is 13.1 Å². The monoisotopic (exact) mass is 756 g/mol. The van der Waals surface area contributed by atoms with Crippen molar-refractivity contribution in [3.05, 3.63) is 113 Å². The molecule has 4 unspecified atom stereocenters. The van der Waals surface area contributed by atoms with Gasteiger partial charge >= 0.3 is 0 Å². The standard InChI is InChI=1S/C44H52N8O4/c53-41(31-21-22-31)49-37(29-13-5-3-6-14-29)43(55)51-25-11-19-35(51)39-45-27-33(47-39)17-9-1-2-10-18-34-28-46-40(48-34)36-20-12-26-52(36)44(56)38(30-15-7-4-8-16-30)50-42(54)32-23-24-32/h3-9,13-17,27-28,31-32,35-38H,1-2,10-12,18-26H2,(H,45,47)(H,46,48)(H,49,53)(H,50,54). The Morgan fingerprint density at radius 1 is 0.679 bits per heavy atom. The van der Waals surface area contributed by atoms with Gasteiger partial charge < -0.3 is 30.4 Å². The van der Waals surface area contributed by atoms with Crippen molar-refractivity contribution in [1.29, 1.82) is 0 Å². The van der Waals surface area contributed by atoms with Gasteiger partial charge in [0.25, 0.3) is 0 Å². The lowest BCUT2D eigenvalue weighted by Gasteiger charge is -2.28. The van der Waals surface area contributed by atoms with Gasteiger partial charge in [-0.25, -0.2) is 9.97 Å². The predicted molar refractivity (Wildman–Crippen MR) is 211 cm³/mol.